The predicted octanol–water partition coefficient (Wildman–Crippen LogP) is 2.90. The fraction of sp³-hybridized carbons (Fsp3) is 0.143. The van der Waals surface area contributed by atoms with Crippen molar-refractivity contribution in [2.24, 2.45) is 0 Å². The molecule has 86 valence electrons. The summed E-state index contributed by atoms with van der Waals surface area (Å²) in [4.78, 5) is 0. The van der Waals surface area contributed by atoms with Gasteiger partial charge in [-0.05, 0) is 11.1 Å². The first kappa shape index (κ1) is 10.5. The SMILES string of the molecule is O=S1(=O)[C@H](c2ccccc2)[C@H]1c1ccccc1. The van der Waals surface area contributed by atoms with E-state index in [1.807, 2.05) is 60.7 Å². The first-order valence-corrected chi connectivity index (χ1v) is 7.15. The van der Waals surface area contributed by atoms with Crippen LogP contribution in [-0.4, -0.2) is 8.42 Å². The first-order valence-electron chi connectivity index (χ1n) is 5.54. The van der Waals surface area contributed by atoms with Crippen LogP contribution in [0.1, 0.15) is 21.6 Å². The molecule has 0 unspecified atom stereocenters. The Kier molecular flexibility index (Phi) is 2.30. The monoisotopic (exact) mass is 244 g/mol. The second-order valence-corrected chi connectivity index (χ2v) is 6.45. The third-order valence-corrected chi connectivity index (χ3v) is 5.35. The number of hydrogen-bond donors (Lipinski definition) is 0. The van der Waals surface area contributed by atoms with Crippen molar-refractivity contribution in [3.63, 3.8) is 0 Å². The van der Waals surface area contributed by atoms with E-state index in [1.165, 1.54) is 0 Å². The highest BCUT2D eigenvalue weighted by Gasteiger charge is 2.58. The van der Waals surface area contributed by atoms with E-state index in [-0.39, 0.29) is 10.5 Å². The van der Waals surface area contributed by atoms with Crippen LogP contribution in [0.2, 0.25) is 0 Å². The lowest BCUT2D eigenvalue weighted by Crippen LogP contribution is -1.82. The lowest BCUT2D eigenvalue weighted by molar-refractivity contribution is 0.611. The first-order chi connectivity index (χ1) is 8.21. The second-order valence-electron chi connectivity index (χ2n) is 4.25. The van der Waals surface area contributed by atoms with E-state index in [9.17, 15) is 8.42 Å². The summed E-state index contributed by atoms with van der Waals surface area (Å²) in [5.74, 6) is 0. The molecule has 1 fully saturated rings. The van der Waals surface area contributed by atoms with Gasteiger partial charge in [-0.15, -0.1) is 0 Å². The molecule has 17 heavy (non-hydrogen) atoms. The van der Waals surface area contributed by atoms with Crippen LogP contribution in [0.4, 0.5) is 0 Å². The Morgan fingerprint density at radius 3 is 1.35 bits per heavy atom. The van der Waals surface area contributed by atoms with Gasteiger partial charge in [0.2, 0.25) is 0 Å². The molecule has 0 spiro atoms. The summed E-state index contributed by atoms with van der Waals surface area (Å²) in [5, 5.41) is -0.711. The van der Waals surface area contributed by atoms with Crippen LogP contribution in [0.3, 0.4) is 0 Å². The van der Waals surface area contributed by atoms with Crippen molar-refractivity contribution in [1.29, 1.82) is 0 Å². The van der Waals surface area contributed by atoms with Crippen LogP contribution >= 0.6 is 0 Å². The minimum atomic E-state index is -3.00. The molecule has 0 aliphatic carbocycles. The minimum Gasteiger partial charge on any atom is -0.227 e. The molecule has 1 aliphatic rings. The number of hydrogen-bond acceptors (Lipinski definition) is 2. The van der Waals surface area contributed by atoms with Crippen LogP contribution in [0.25, 0.3) is 0 Å². The van der Waals surface area contributed by atoms with Gasteiger partial charge in [-0.3, -0.25) is 0 Å². The molecule has 1 heterocycles. The molecule has 0 radical (unpaired) electrons. The summed E-state index contributed by atoms with van der Waals surface area (Å²) in [7, 11) is -3.00. The second kappa shape index (κ2) is 3.70. The van der Waals surface area contributed by atoms with Crippen molar-refractivity contribution in [2.45, 2.75) is 10.5 Å². The van der Waals surface area contributed by atoms with Crippen LogP contribution in [0.15, 0.2) is 60.7 Å². The van der Waals surface area contributed by atoms with Crippen LogP contribution in [0.5, 0.6) is 0 Å². The zero-order valence-corrected chi connectivity index (χ0v) is 9.97. The lowest BCUT2D eigenvalue weighted by atomic mass is 10.0. The van der Waals surface area contributed by atoms with Crippen molar-refractivity contribution < 1.29 is 8.42 Å². The summed E-state index contributed by atoms with van der Waals surface area (Å²) in [6.07, 6.45) is 0. The van der Waals surface area contributed by atoms with Crippen molar-refractivity contribution in [3.05, 3.63) is 71.8 Å². The van der Waals surface area contributed by atoms with E-state index >= 15 is 0 Å². The van der Waals surface area contributed by atoms with Gasteiger partial charge >= 0.3 is 0 Å². The lowest BCUT2D eigenvalue weighted by Gasteiger charge is -1.96. The maximum absolute atomic E-state index is 12.0. The molecule has 2 aromatic carbocycles. The van der Waals surface area contributed by atoms with E-state index in [4.69, 9.17) is 0 Å². The molecular weight excluding hydrogens is 232 g/mol. The molecular formula is C14H12O2S. The average Bonchev–Trinajstić information content (AvgIpc) is 2.94. The molecule has 0 amide bonds. The third kappa shape index (κ3) is 1.67. The number of benzene rings is 2. The fourth-order valence-electron chi connectivity index (χ4n) is 2.28. The zero-order chi connectivity index (χ0) is 11.9. The normalized spacial score (nSPS) is 25.4. The maximum atomic E-state index is 12.0. The maximum Gasteiger partial charge on any atom is 0.167 e. The fourth-order valence-corrected chi connectivity index (χ4v) is 4.48. The Morgan fingerprint density at radius 2 is 1.00 bits per heavy atom. The highest BCUT2D eigenvalue weighted by molar-refractivity contribution is 7.98. The summed E-state index contributed by atoms with van der Waals surface area (Å²) in [6.45, 7) is 0. The van der Waals surface area contributed by atoms with Gasteiger partial charge in [0.1, 0.15) is 10.5 Å². The van der Waals surface area contributed by atoms with E-state index in [0.717, 1.165) is 11.1 Å². The largest absolute Gasteiger partial charge is 0.227 e. The Balaban J connectivity index is 2.01. The minimum absolute atomic E-state index is 0.355. The Morgan fingerprint density at radius 1 is 0.647 bits per heavy atom. The molecule has 2 nitrogen and oxygen atoms in total. The smallest absolute Gasteiger partial charge is 0.167 e. The molecule has 3 rings (SSSR count). The highest BCUT2D eigenvalue weighted by atomic mass is 32.2. The molecule has 2 aromatic rings. The molecule has 0 bridgehead atoms. The molecule has 1 saturated heterocycles. The van der Waals surface area contributed by atoms with Gasteiger partial charge in [-0.1, -0.05) is 60.7 Å². The highest BCUT2D eigenvalue weighted by Crippen LogP contribution is 2.58. The number of rotatable bonds is 2. The van der Waals surface area contributed by atoms with Crippen LogP contribution in [0, 0.1) is 0 Å². The molecule has 0 N–H and O–H groups in total. The summed E-state index contributed by atoms with van der Waals surface area (Å²) < 4.78 is 24.0. The molecule has 1 aliphatic heterocycles. The van der Waals surface area contributed by atoms with Crippen LogP contribution in [-0.2, 0) is 9.84 Å². The Bertz CT molecular complexity index is 566. The van der Waals surface area contributed by atoms with Crippen molar-refractivity contribution in [3.8, 4) is 0 Å². The van der Waals surface area contributed by atoms with Gasteiger partial charge in [-0.25, -0.2) is 8.42 Å². The van der Waals surface area contributed by atoms with Gasteiger partial charge < -0.3 is 0 Å². The topological polar surface area (TPSA) is 34.1 Å². The average molecular weight is 244 g/mol. The van der Waals surface area contributed by atoms with Gasteiger partial charge in [-0.2, -0.15) is 0 Å². The van der Waals surface area contributed by atoms with Gasteiger partial charge in [0.25, 0.3) is 0 Å². The third-order valence-electron chi connectivity index (χ3n) is 3.16. The van der Waals surface area contributed by atoms with E-state index in [0.29, 0.717) is 0 Å². The molecule has 0 saturated carbocycles. The van der Waals surface area contributed by atoms with Gasteiger partial charge in [0.05, 0.1) is 0 Å². The number of sulfone groups is 1. The van der Waals surface area contributed by atoms with Crippen molar-refractivity contribution in [1.82, 2.24) is 0 Å². The summed E-state index contributed by atoms with van der Waals surface area (Å²) in [6, 6.07) is 18.8. The van der Waals surface area contributed by atoms with Gasteiger partial charge in [0, 0.05) is 0 Å². The van der Waals surface area contributed by atoms with E-state index < -0.39 is 9.84 Å². The van der Waals surface area contributed by atoms with Crippen molar-refractivity contribution >= 4 is 9.84 Å². The summed E-state index contributed by atoms with van der Waals surface area (Å²) >= 11 is 0. The molecule has 3 heteroatoms. The molecule has 2 atom stereocenters. The Labute approximate surface area is 101 Å². The van der Waals surface area contributed by atoms with Crippen LogP contribution < -0.4 is 0 Å². The standard InChI is InChI=1S/C14H12O2S/c15-17(16)13(11-7-3-1-4-8-11)14(17)12-9-5-2-6-10-12/h1-10,13-14H/t13-,14-/m1/s1. The Hall–Kier alpha value is -1.61. The van der Waals surface area contributed by atoms with E-state index in [2.05, 4.69) is 0 Å². The quantitative estimate of drug-likeness (QED) is 0.761. The molecule has 0 aromatic heterocycles. The van der Waals surface area contributed by atoms with Crippen molar-refractivity contribution in [2.75, 3.05) is 0 Å². The summed E-state index contributed by atoms with van der Waals surface area (Å²) in [5.41, 5.74) is 1.78. The van der Waals surface area contributed by atoms with E-state index in [1.54, 1.807) is 0 Å². The van der Waals surface area contributed by atoms with Gasteiger partial charge in [0.15, 0.2) is 9.84 Å². The zero-order valence-electron chi connectivity index (χ0n) is 9.15. The predicted molar refractivity (Wildman–Crippen MR) is 67.3 cm³/mol.